The number of nitrogens with zero attached hydrogens (tertiary/aromatic N) is 1. The third-order valence-electron chi connectivity index (χ3n) is 2.19. The number of hydrogen-bond acceptors (Lipinski definition) is 4. The lowest BCUT2D eigenvalue weighted by atomic mass is 10.5. The van der Waals surface area contributed by atoms with E-state index in [1.165, 1.54) is 24.5 Å². The summed E-state index contributed by atoms with van der Waals surface area (Å²) in [5, 5.41) is 9.08. The maximum atomic E-state index is 12.0. The number of aromatic amines is 1. The Hall–Kier alpha value is -1.57. The lowest BCUT2D eigenvalue weighted by molar-refractivity contribution is 0.277. The van der Waals surface area contributed by atoms with E-state index in [1.807, 2.05) is 0 Å². The summed E-state index contributed by atoms with van der Waals surface area (Å²) in [5.74, 6) is 0.0610. The fourth-order valence-corrected chi connectivity index (χ4v) is 2.58. The quantitative estimate of drug-likeness (QED) is 0.791. The average Bonchev–Trinajstić information content (AvgIpc) is 2.81. The zero-order valence-electron chi connectivity index (χ0n) is 9.09. The Morgan fingerprint density at radius 2 is 2.28 bits per heavy atom. The molecule has 0 saturated heterocycles. The van der Waals surface area contributed by atoms with Gasteiger partial charge < -0.3 is 10.1 Å². The Morgan fingerprint density at radius 3 is 2.89 bits per heavy atom. The van der Waals surface area contributed by atoms with E-state index >= 15 is 0 Å². The molecule has 0 unspecified atom stereocenters. The van der Waals surface area contributed by atoms with Gasteiger partial charge in [0.25, 0.3) is 10.0 Å². The van der Waals surface area contributed by atoms with Crippen molar-refractivity contribution < 1.29 is 13.5 Å². The van der Waals surface area contributed by atoms with Crippen LogP contribution in [0.5, 0.6) is 0 Å². The van der Waals surface area contributed by atoms with Crippen LogP contribution in [0.2, 0.25) is 5.02 Å². The Kier molecular flexibility index (Phi) is 3.55. The highest BCUT2D eigenvalue weighted by molar-refractivity contribution is 7.92. The molecule has 0 spiro atoms. The second kappa shape index (κ2) is 4.97. The van der Waals surface area contributed by atoms with Crippen molar-refractivity contribution in [1.82, 2.24) is 9.97 Å². The van der Waals surface area contributed by atoms with Crippen LogP contribution in [0.25, 0.3) is 0 Å². The summed E-state index contributed by atoms with van der Waals surface area (Å²) in [5.41, 5.74) is 0.405. The van der Waals surface area contributed by atoms with Crippen molar-refractivity contribution >= 4 is 27.4 Å². The Balaban J connectivity index is 2.30. The molecule has 0 aliphatic rings. The van der Waals surface area contributed by atoms with Crippen LogP contribution >= 0.6 is 11.6 Å². The van der Waals surface area contributed by atoms with Crippen LogP contribution in [0.1, 0.15) is 5.69 Å². The highest BCUT2D eigenvalue weighted by Gasteiger charge is 2.17. The Morgan fingerprint density at radius 1 is 1.50 bits per heavy atom. The summed E-state index contributed by atoms with van der Waals surface area (Å²) in [4.78, 5) is 6.48. The van der Waals surface area contributed by atoms with Crippen molar-refractivity contribution in [3.8, 4) is 0 Å². The highest BCUT2D eigenvalue weighted by atomic mass is 35.5. The first-order chi connectivity index (χ1) is 8.53. The molecule has 0 aliphatic carbocycles. The number of aliphatic hydroxyl groups excluding tert-OH is 1. The van der Waals surface area contributed by atoms with E-state index in [0.717, 1.165) is 0 Å². The standard InChI is InChI=1S/C10H10ClN3O3S/c11-9-2-1-3-12-10(9)14-18(16,17)8-4-7(6-15)13-5-8/h1-5,13,15H,6H2,(H,12,14). The number of H-pyrrole nitrogens is 1. The fourth-order valence-electron chi connectivity index (χ4n) is 1.31. The number of anilines is 1. The van der Waals surface area contributed by atoms with E-state index in [-0.39, 0.29) is 22.3 Å². The van der Waals surface area contributed by atoms with Gasteiger partial charge in [-0.25, -0.2) is 13.4 Å². The molecule has 96 valence electrons. The van der Waals surface area contributed by atoms with Gasteiger partial charge in [-0.3, -0.25) is 4.72 Å². The minimum atomic E-state index is -3.76. The highest BCUT2D eigenvalue weighted by Crippen LogP contribution is 2.21. The lowest BCUT2D eigenvalue weighted by Crippen LogP contribution is -2.13. The van der Waals surface area contributed by atoms with E-state index in [4.69, 9.17) is 16.7 Å². The van der Waals surface area contributed by atoms with Crippen LogP contribution in [-0.4, -0.2) is 23.5 Å². The number of pyridine rings is 1. The van der Waals surface area contributed by atoms with Crippen molar-refractivity contribution in [3.63, 3.8) is 0 Å². The first kappa shape index (κ1) is 12.9. The van der Waals surface area contributed by atoms with Crippen molar-refractivity contribution in [2.45, 2.75) is 11.5 Å². The van der Waals surface area contributed by atoms with Crippen LogP contribution < -0.4 is 4.72 Å². The van der Waals surface area contributed by atoms with Gasteiger partial charge >= 0.3 is 0 Å². The van der Waals surface area contributed by atoms with Crippen LogP contribution in [0.3, 0.4) is 0 Å². The maximum absolute atomic E-state index is 12.0. The number of aromatic nitrogens is 2. The fraction of sp³-hybridized carbons (Fsp3) is 0.100. The zero-order chi connectivity index (χ0) is 13.2. The SMILES string of the molecule is O=S(=O)(Nc1ncccc1Cl)c1c[nH]c(CO)c1. The molecule has 0 amide bonds. The smallest absolute Gasteiger partial charge is 0.264 e. The van der Waals surface area contributed by atoms with Crippen molar-refractivity contribution in [2.24, 2.45) is 0 Å². The molecule has 0 aromatic carbocycles. The molecule has 2 aromatic rings. The first-order valence-corrected chi connectivity index (χ1v) is 6.80. The minimum absolute atomic E-state index is 0.00766. The van der Waals surface area contributed by atoms with Crippen LogP contribution in [-0.2, 0) is 16.6 Å². The van der Waals surface area contributed by atoms with Gasteiger partial charge in [-0.1, -0.05) is 11.6 Å². The summed E-state index contributed by atoms with van der Waals surface area (Å²) >= 11 is 5.81. The molecule has 0 radical (unpaired) electrons. The Labute approximate surface area is 109 Å². The molecule has 2 rings (SSSR count). The number of hydrogen-bond donors (Lipinski definition) is 3. The summed E-state index contributed by atoms with van der Waals surface area (Å²) in [6.07, 6.45) is 2.71. The molecular formula is C10H10ClN3O3S. The molecular weight excluding hydrogens is 278 g/mol. The summed E-state index contributed by atoms with van der Waals surface area (Å²) in [6.45, 7) is -0.264. The third kappa shape index (κ3) is 2.63. The van der Waals surface area contributed by atoms with Gasteiger partial charge in [0, 0.05) is 18.1 Å². The molecule has 0 aliphatic heterocycles. The second-order valence-electron chi connectivity index (χ2n) is 3.46. The first-order valence-electron chi connectivity index (χ1n) is 4.94. The topological polar surface area (TPSA) is 95.1 Å². The zero-order valence-corrected chi connectivity index (χ0v) is 10.7. The molecule has 6 nitrogen and oxygen atoms in total. The molecule has 0 saturated carbocycles. The second-order valence-corrected chi connectivity index (χ2v) is 5.55. The maximum Gasteiger partial charge on any atom is 0.264 e. The monoisotopic (exact) mass is 287 g/mol. The molecule has 0 fully saturated rings. The third-order valence-corrected chi connectivity index (χ3v) is 3.81. The van der Waals surface area contributed by atoms with Gasteiger partial charge in [-0.15, -0.1) is 0 Å². The summed E-state index contributed by atoms with van der Waals surface area (Å²) < 4.78 is 26.2. The van der Waals surface area contributed by atoms with E-state index in [1.54, 1.807) is 6.07 Å². The lowest BCUT2D eigenvalue weighted by Gasteiger charge is -2.06. The van der Waals surface area contributed by atoms with Gasteiger partial charge in [0.15, 0.2) is 5.82 Å². The van der Waals surface area contributed by atoms with E-state index in [9.17, 15) is 8.42 Å². The van der Waals surface area contributed by atoms with Crippen LogP contribution in [0.4, 0.5) is 5.82 Å². The van der Waals surface area contributed by atoms with Crippen LogP contribution in [0.15, 0.2) is 35.5 Å². The van der Waals surface area contributed by atoms with E-state index in [0.29, 0.717) is 5.69 Å². The van der Waals surface area contributed by atoms with Crippen molar-refractivity contribution in [1.29, 1.82) is 0 Å². The summed E-state index contributed by atoms with van der Waals surface area (Å²) in [7, 11) is -3.76. The molecule has 0 atom stereocenters. The van der Waals surface area contributed by atoms with Gasteiger partial charge in [0.05, 0.1) is 11.6 Å². The number of rotatable bonds is 4. The number of nitrogens with one attached hydrogen (secondary N) is 2. The molecule has 0 bridgehead atoms. The van der Waals surface area contributed by atoms with Crippen molar-refractivity contribution in [2.75, 3.05) is 4.72 Å². The number of sulfonamides is 1. The average molecular weight is 288 g/mol. The predicted molar refractivity (Wildman–Crippen MR) is 66.8 cm³/mol. The van der Waals surface area contributed by atoms with Gasteiger partial charge in [-0.05, 0) is 18.2 Å². The normalized spacial score (nSPS) is 11.4. The van der Waals surface area contributed by atoms with E-state index in [2.05, 4.69) is 14.7 Å². The van der Waals surface area contributed by atoms with Gasteiger partial charge in [0.2, 0.25) is 0 Å². The number of halogens is 1. The Bertz CT molecular complexity index is 654. The molecule has 18 heavy (non-hydrogen) atoms. The molecule has 3 N–H and O–H groups in total. The molecule has 8 heteroatoms. The largest absolute Gasteiger partial charge is 0.390 e. The van der Waals surface area contributed by atoms with Gasteiger partial charge in [0.1, 0.15) is 4.90 Å². The van der Waals surface area contributed by atoms with Crippen LogP contribution in [0, 0.1) is 0 Å². The minimum Gasteiger partial charge on any atom is -0.390 e. The summed E-state index contributed by atoms with van der Waals surface area (Å²) in [6, 6.07) is 4.46. The predicted octanol–water partition coefficient (Wildman–Crippen LogP) is 1.36. The van der Waals surface area contributed by atoms with Gasteiger partial charge in [-0.2, -0.15) is 0 Å². The molecule has 2 aromatic heterocycles. The van der Waals surface area contributed by atoms with E-state index < -0.39 is 10.0 Å². The molecule has 2 heterocycles. The number of aliphatic hydroxyl groups is 1. The van der Waals surface area contributed by atoms with Crippen molar-refractivity contribution in [3.05, 3.63) is 41.3 Å².